The Morgan fingerprint density at radius 3 is 2.54 bits per heavy atom. The number of rotatable bonds is 5. The van der Waals surface area contributed by atoms with E-state index in [2.05, 4.69) is 5.32 Å². The van der Waals surface area contributed by atoms with Gasteiger partial charge in [-0.25, -0.2) is 0 Å². The molecule has 1 saturated carbocycles. The van der Waals surface area contributed by atoms with Gasteiger partial charge < -0.3 is 10.1 Å². The third kappa shape index (κ3) is 2.96. The monoisotopic (exact) mass is 183 g/mol. The van der Waals surface area contributed by atoms with Crippen molar-refractivity contribution in [1.82, 2.24) is 5.32 Å². The Morgan fingerprint density at radius 2 is 1.92 bits per heavy atom. The molecule has 0 radical (unpaired) electrons. The van der Waals surface area contributed by atoms with Crippen LogP contribution in [0.3, 0.4) is 0 Å². The van der Waals surface area contributed by atoms with Crippen LogP contribution in [0.15, 0.2) is 0 Å². The molecule has 2 aliphatic rings. The van der Waals surface area contributed by atoms with Gasteiger partial charge in [-0.3, -0.25) is 0 Å². The lowest BCUT2D eigenvalue weighted by molar-refractivity contribution is -0.00505. The molecule has 76 valence electrons. The zero-order valence-electron chi connectivity index (χ0n) is 8.43. The van der Waals surface area contributed by atoms with Crippen molar-refractivity contribution < 1.29 is 4.74 Å². The van der Waals surface area contributed by atoms with Crippen molar-refractivity contribution in [2.24, 2.45) is 5.92 Å². The summed E-state index contributed by atoms with van der Waals surface area (Å²) in [5.41, 5.74) is 0. The Kier molecular flexibility index (Phi) is 3.62. The predicted octanol–water partition coefficient (Wildman–Crippen LogP) is 1.95. The largest absolute Gasteiger partial charge is 0.378 e. The summed E-state index contributed by atoms with van der Waals surface area (Å²) in [6.45, 7) is 3.07. The van der Waals surface area contributed by atoms with Crippen LogP contribution >= 0.6 is 0 Å². The van der Waals surface area contributed by atoms with E-state index in [1.165, 1.54) is 45.1 Å². The Balaban J connectivity index is 1.43. The molecule has 0 aromatic heterocycles. The van der Waals surface area contributed by atoms with Gasteiger partial charge in [0.2, 0.25) is 0 Å². The zero-order valence-corrected chi connectivity index (χ0v) is 8.43. The van der Waals surface area contributed by atoms with E-state index in [0.29, 0.717) is 6.04 Å². The number of nitrogens with one attached hydrogen (secondary N) is 1. The molecule has 13 heavy (non-hydrogen) atoms. The van der Waals surface area contributed by atoms with E-state index in [9.17, 15) is 0 Å². The first-order valence-electron chi connectivity index (χ1n) is 5.76. The molecule has 0 atom stereocenters. The summed E-state index contributed by atoms with van der Waals surface area (Å²) in [6, 6.07) is 0.670. The standard InChI is InChI=1S/C11H21NO/c1-2-5-10(4-1)6-3-7-12-11-8-13-9-11/h10-12H,1-9H2. The molecule has 0 unspecified atom stereocenters. The van der Waals surface area contributed by atoms with Crippen molar-refractivity contribution >= 4 is 0 Å². The van der Waals surface area contributed by atoms with Crippen LogP contribution in [0.4, 0.5) is 0 Å². The summed E-state index contributed by atoms with van der Waals surface area (Å²) < 4.78 is 5.10. The van der Waals surface area contributed by atoms with Crippen molar-refractivity contribution in [2.75, 3.05) is 19.8 Å². The molecule has 1 aliphatic carbocycles. The molecule has 2 fully saturated rings. The van der Waals surface area contributed by atoms with E-state index >= 15 is 0 Å². The maximum absolute atomic E-state index is 5.10. The van der Waals surface area contributed by atoms with Gasteiger partial charge in [0.1, 0.15) is 0 Å². The fourth-order valence-electron chi connectivity index (χ4n) is 2.35. The van der Waals surface area contributed by atoms with E-state index in [1.807, 2.05) is 0 Å². The van der Waals surface area contributed by atoms with Crippen LogP contribution in [0.1, 0.15) is 38.5 Å². The lowest BCUT2D eigenvalue weighted by Gasteiger charge is -2.27. The maximum atomic E-state index is 5.10. The third-order valence-corrected chi connectivity index (χ3v) is 3.33. The van der Waals surface area contributed by atoms with Crippen molar-refractivity contribution in [3.63, 3.8) is 0 Å². The van der Waals surface area contributed by atoms with Crippen molar-refractivity contribution in [3.05, 3.63) is 0 Å². The second-order valence-electron chi connectivity index (χ2n) is 4.48. The van der Waals surface area contributed by atoms with E-state index in [1.54, 1.807) is 0 Å². The van der Waals surface area contributed by atoms with Gasteiger partial charge in [-0.15, -0.1) is 0 Å². The van der Waals surface area contributed by atoms with E-state index < -0.39 is 0 Å². The molecule has 1 aliphatic heterocycles. The lowest BCUT2D eigenvalue weighted by Crippen LogP contribution is -2.46. The molecular formula is C11H21NO. The smallest absolute Gasteiger partial charge is 0.0643 e. The SMILES string of the molecule is C1CCC(CCCNC2COC2)C1. The minimum absolute atomic E-state index is 0.670. The van der Waals surface area contributed by atoms with Gasteiger partial charge in [0.15, 0.2) is 0 Å². The highest BCUT2D eigenvalue weighted by Crippen LogP contribution is 2.28. The molecule has 0 aromatic carbocycles. The molecule has 0 spiro atoms. The molecule has 2 heteroatoms. The van der Waals surface area contributed by atoms with Gasteiger partial charge in [0, 0.05) is 0 Å². The summed E-state index contributed by atoms with van der Waals surface area (Å²) in [6.07, 6.45) is 8.75. The van der Waals surface area contributed by atoms with Crippen LogP contribution in [0.25, 0.3) is 0 Å². The number of hydrogen-bond acceptors (Lipinski definition) is 2. The second-order valence-corrected chi connectivity index (χ2v) is 4.48. The molecule has 1 N–H and O–H groups in total. The van der Waals surface area contributed by atoms with Gasteiger partial charge >= 0.3 is 0 Å². The fourth-order valence-corrected chi connectivity index (χ4v) is 2.35. The summed E-state index contributed by atoms with van der Waals surface area (Å²) >= 11 is 0. The van der Waals surface area contributed by atoms with Crippen LogP contribution in [-0.2, 0) is 4.74 Å². The molecule has 2 nitrogen and oxygen atoms in total. The first-order valence-corrected chi connectivity index (χ1v) is 5.76. The summed E-state index contributed by atoms with van der Waals surface area (Å²) in [4.78, 5) is 0. The van der Waals surface area contributed by atoms with Crippen LogP contribution in [0.2, 0.25) is 0 Å². The first kappa shape index (κ1) is 9.47. The van der Waals surface area contributed by atoms with Gasteiger partial charge in [0.25, 0.3) is 0 Å². The zero-order chi connectivity index (χ0) is 8.93. The molecule has 2 rings (SSSR count). The Bertz CT molecular complexity index is 139. The highest BCUT2D eigenvalue weighted by atomic mass is 16.5. The van der Waals surface area contributed by atoms with Crippen molar-refractivity contribution in [1.29, 1.82) is 0 Å². The van der Waals surface area contributed by atoms with E-state index in [4.69, 9.17) is 4.74 Å². The van der Waals surface area contributed by atoms with Crippen LogP contribution in [-0.4, -0.2) is 25.8 Å². The quantitative estimate of drug-likeness (QED) is 0.658. The van der Waals surface area contributed by atoms with Gasteiger partial charge in [0.05, 0.1) is 19.3 Å². The molecule has 0 amide bonds. The normalized spacial score (nSPS) is 24.9. The summed E-state index contributed by atoms with van der Waals surface area (Å²) in [5.74, 6) is 1.06. The van der Waals surface area contributed by atoms with Crippen LogP contribution in [0, 0.1) is 5.92 Å². The van der Waals surface area contributed by atoms with E-state index in [0.717, 1.165) is 19.1 Å². The summed E-state index contributed by atoms with van der Waals surface area (Å²) in [7, 11) is 0. The van der Waals surface area contributed by atoms with Crippen LogP contribution in [0.5, 0.6) is 0 Å². The molecule has 1 heterocycles. The fraction of sp³-hybridized carbons (Fsp3) is 1.00. The van der Waals surface area contributed by atoms with Crippen molar-refractivity contribution in [2.45, 2.75) is 44.6 Å². The Labute approximate surface area is 81.0 Å². The van der Waals surface area contributed by atoms with Gasteiger partial charge in [-0.1, -0.05) is 25.7 Å². The second kappa shape index (κ2) is 4.97. The molecular weight excluding hydrogens is 162 g/mol. The molecule has 0 aromatic rings. The first-order chi connectivity index (χ1) is 6.45. The summed E-state index contributed by atoms with van der Waals surface area (Å²) in [5, 5.41) is 3.52. The van der Waals surface area contributed by atoms with Gasteiger partial charge in [-0.2, -0.15) is 0 Å². The predicted molar refractivity (Wildman–Crippen MR) is 53.8 cm³/mol. The van der Waals surface area contributed by atoms with Crippen molar-refractivity contribution in [3.8, 4) is 0 Å². The lowest BCUT2D eigenvalue weighted by atomic mass is 10.0. The Morgan fingerprint density at radius 1 is 1.15 bits per heavy atom. The van der Waals surface area contributed by atoms with E-state index in [-0.39, 0.29) is 0 Å². The highest BCUT2D eigenvalue weighted by molar-refractivity contribution is 4.73. The average Bonchev–Trinajstić information content (AvgIpc) is 2.53. The van der Waals surface area contributed by atoms with Gasteiger partial charge in [-0.05, 0) is 25.3 Å². The minimum Gasteiger partial charge on any atom is -0.378 e. The molecule has 1 saturated heterocycles. The maximum Gasteiger partial charge on any atom is 0.0643 e. The number of hydrogen-bond donors (Lipinski definition) is 1. The molecule has 0 bridgehead atoms. The topological polar surface area (TPSA) is 21.3 Å². The number of ether oxygens (including phenoxy) is 1. The third-order valence-electron chi connectivity index (χ3n) is 3.33. The van der Waals surface area contributed by atoms with Crippen LogP contribution < -0.4 is 5.32 Å². The highest BCUT2D eigenvalue weighted by Gasteiger charge is 2.17. The Hall–Kier alpha value is -0.0800. The average molecular weight is 183 g/mol. The minimum atomic E-state index is 0.670.